The van der Waals surface area contributed by atoms with E-state index in [-0.39, 0.29) is 18.4 Å². The molecule has 0 atom stereocenters. The Balaban J connectivity index is 1.34. The monoisotopic (exact) mass is 455 g/mol. The Labute approximate surface area is 197 Å². The average molecular weight is 456 g/mol. The van der Waals surface area contributed by atoms with Crippen LogP contribution in [0.5, 0.6) is 0 Å². The zero-order valence-corrected chi connectivity index (χ0v) is 18.6. The Morgan fingerprint density at radius 3 is 2.53 bits per heavy atom. The SMILES string of the molecule is O=C(N/N=C/c1cn(CC(=O)N2CCOCC2)c2ccccc12)c1ccccc1-n1cccc1. The second-order valence-electron chi connectivity index (χ2n) is 8.03. The van der Waals surface area contributed by atoms with Crippen LogP contribution in [-0.2, 0) is 16.1 Å². The Morgan fingerprint density at radius 1 is 0.971 bits per heavy atom. The molecule has 0 unspecified atom stereocenters. The molecule has 1 saturated heterocycles. The van der Waals surface area contributed by atoms with Crippen LogP contribution in [0.1, 0.15) is 15.9 Å². The van der Waals surface area contributed by atoms with Crippen molar-refractivity contribution in [2.75, 3.05) is 26.3 Å². The molecular weight excluding hydrogens is 430 g/mol. The number of benzene rings is 2. The predicted molar refractivity (Wildman–Crippen MR) is 130 cm³/mol. The van der Waals surface area contributed by atoms with E-state index >= 15 is 0 Å². The van der Waals surface area contributed by atoms with E-state index in [1.165, 1.54) is 0 Å². The number of amides is 2. The molecule has 2 amide bonds. The standard InChI is InChI=1S/C26H25N5O3/c32-25(30-13-15-34-16-14-30)19-31-18-20(21-7-1-3-9-23(21)31)17-27-28-26(33)22-8-2-4-10-24(22)29-11-5-6-12-29/h1-12,17-18H,13-16,19H2,(H,28,33)/b27-17+. The third-order valence-corrected chi connectivity index (χ3v) is 5.89. The fraction of sp³-hybridized carbons (Fsp3) is 0.192. The fourth-order valence-corrected chi connectivity index (χ4v) is 4.17. The van der Waals surface area contributed by atoms with E-state index in [1.807, 2.05) is 87.2 Å². The molecule has 0 saturated carbocycles. The van der Waals surface area contributed by atoms with Gasteiger partial charge in [0.25, 0.3) is 5.91 Å². The van der Waals surface area contributed by atoms with E-state index in [2.05, 4.69) is 10.5 Å². The van der Waals surface area contributed by atoms with E-state index in [0.717, 1.165) is 22.2 Å². The van der Waals surface area contributed by atoms with Gasteiger partial charge in [-0.2, -0.15) is 5.10 Å². The summed E-state index contributed by atoms with van der Waals surface area (Å²) in [7, 11) is 0. The molecule has 1 fully saturated rings. The molecule has 1 N–H and O–H groups in total. The molecular formula is C26H25N5O3. The van der Waals surface area contributed by atoms with Crippen molar-refractivity contribution in [2.45, 2.75) is 6.54 Å². The van der Waals surface area contributed by atoms with Gasteiger partial charge in [-0.3, -0.25) is 9.59 Å². The highest BCUT2D eigenvalue weighted by atomic mass is 16.5. The van der Waals surface area contributed by atoms with Crippen molar-refractivity contribution < 1.29 is 14.3 Å². The number of carbonyl (C=O) groups is 2. The van der Waals surface area contributed by atoms with Crippen LogP contribution in [0.15, 0.2) is 84.4 Å². The molecule has 0 bridgehead atoms. The lowest BCUT2D eigenvalue weighted by atomic mass is 10.1. The van der Waals surface area contributed by atoms with Crippen molar-refractivity contribution in [1.29, 1.82) is 0 Å². The number of hydrazone groups is 1. The van der Waals surface area contributed by atoms with E-state index in [4.69, 9.17) is 4.74 Å². The number of ether oxygens (including phenoxy) is 1. The van der Waals surface area contributed by atoms with Crippen LogP contribution in [0.4, 0.5) is 0 Å². The van der Waals surface area contributed by atoms with Crippen LogP contribution in [0.25, 0.3) is 16.6 Å². The number of carbonyl (C=O) groups excluding carboxylic acids is 2. The number of aromatic nitrogens is 2. The summed E-state index contributed by atoms with van der Waals surface area (Å²) in [6.07, 6.45) is 7.30. The Kier molecular flexibility index (Phi) is 6.22. The fourth-order valence-electron chi connectivity index (χ4n) is 4.17. The van der Waals surface area contributed by atoms with Gasteiger partial charge >= 0.3 is 0 Å². The lowest BCUT2D eigenvalue weighted by molar-refractivity contribution is -0.135. The quantitative estimate of drug-likeness (QED) is 0.358. The van der Waals surface area contributed by atoms with Crippen LogP contribution in [-0.4, -0.2) is 58.4 Å². The zero-order chi connectivity index (χ0) is 23.3. The van der Waals surface area contributed by atoms with Gasteiger partial charge in [0.1, 0.15) is 6.54 Å². The van der Waals surface area contributed by atoms with Gasteiger partial charge in [-0.1, -0.05) is 30.3 Å². The van der Waals surface area contributed by atoms with Crippen molar-refractivity contribution in [3.05, 3.63) is 90.4 Å². The second kappa shape index (κ2) is 9.76. The first kappa shape index (κ1) is 21.7. The van der Waals surface area contributed by atoms with E-state index < -0.39 is 0 Å². The van der Waals surface area contributed by atoms with Gasteiger partial charge in [-0.05, 0) is 30.3 Å². The van der Waals surface area contributed by atoms with Gasteiger partial charge in [0.2, 0.25) is 5.91 Å². The average Bonchev–Trinajstić information content (AvgIpc) is 3.54. The lowest BCUT2D eigenvalue weighted by Gasteiger charge is -2.27. The van der Waals surface area contributed by atoms with Crippen LogP contribution in [0.3, 0.4) is 0 Å². The summed E-state index contributed by atoms with van der Waals surface area (Å²) in [4.78, 5) is 27.4. The minimum atomic E-state index is -0.299. The number of fused-ring (bicyclic) bond motifs is 1. The molecule has 2 aromatic carbocycles. The van der Waals surface area contributed by atoms with Crippen LogP contribution in [0, 0.1) is 0 Å². The number of nitrogens with zero attached hydrogens (tertiary/aromatic N) is 4. The van der Waals surface area contributed by atoms with Gasteiger partial charge in [0.05, 0.1) is 30.7 Å². The Bertz CT molecular complexity index is 1330. The zero-order valence-electron chi connectivity index (χ0n) is 18.6. The smallest absolute Gasteiger partial charge is 0.273 e. The maximum absolute atomic E-state index is 12.8. The van der Waals surface area contributed by atoms with Crippen molar-refractivity contribution in [1.82, 2.24) is 19.5 Å². The molecule has 8 nitrogen and oxygen atoms in total. The maximum Gasteiger partial charge on any atom is 0.273 e. The highest BCUT2D eigenvalue weighted by molar-refractivity contribution is 6.01. The number of hydrogen-bond donors (Lipinski definition) is 1. The molecule has 3 heterocycles. The van der Waals surface area contributed by atoms with Gasteiger partial charge in [0, 0.05) is 48.1 Å². The largest absolute Gasteiger partial charge is 0.378 e. The molecule has 2 aromatic heterocycles. The maximum atomic E-state index is 12.8. The minimum absolute atomic E-state index is 0.0578. The molecule has 8 heteroatoms. The van der Waals surface area contributed by atoms with E-state index in [9.17, 15) is 9.59 Å². The summed E-state index contributed by atoms with van der Waals surface area (Å²) in [6, 6.07) is 19.0. The highest BCUT2D eigenvalue weighted by Gasteiger charge is 2.18. The second-order valence-corrected chi connectivity index (χ2v) is 8.03. The van der Waals surface area contributed by atoms with Gasteiger partial charge < -0.3 is 18.8 Å². The third-order valence-electron chi connectivity index (χ3n) is 5.89. The summed E-state index contributed by atoms with van der Waals surface area (Å²) in [5.41, 5.74) is 5.70. The normalized spacial score (nSPS) is 14.1. The topological polar surface area (TPSA) is 80.9 Å². The van der Waals surface area contributed by atoms with E-state index in [1.54, 1.807) is 12.3 Å². The molecule has 4 aromatic rings. The number of hydrogen-bond acceptors (Lipinski definition) is 4. The molecule has 1 aliphatic heterocycles. The first-order chi connectivity index (χ1) is 16.7. The molecule has 1 aliphatic rings. The molecule has 5 rings (SSSR count). The molecule has 172 valence electrons. The van der Waals surface area contributed by atoms with Crippen molar-refractivity contribution in [3.8, 4) is 5.69 Å². The van der Waals surface area contributed by atoms with Crippen LogP contribution >= 0.6 is 0 Å². The van der Waals surface area contributed by atoms with Crippen molar-refractivity contribution >= 4 is 28.9 Å². The summed E-state index contributed by atoms with van der Waals surface area (Å²) in [6.45, 7) is 2.61. The predicted octanol–water partition coefficient (Wildman–Crippen LogP) is 3.05. The van der Waals surface area contributed by atoms with Crippen LogP contribution in [0.2, 0.25) is 0 Å². The van der Waals surface area contributed by atoms with Crippen molar-refractivity contribution in [2.24, 2.45) is 5.10 Å². The van der Waals surface area contributed by atoms with E-state index in [0.29, 0.717) is 31.9 Å². The molecule has 34 heavy (non-hydrogen) atoms. The Morgan fingerprint density at radius 2 is 1.71 bits per heavy atom. The number of rotatable bonds is 6. The molecule has 0 aliphatic carbocycles. The van der Waals surface area contributed by atoms with Crippen molar-refractivity contribution in [3.63, 3.8) is 0 Å². The number of para-hydroxylation sites is 2. The van der Waals surface area contributed by atoms with Gasteiger partial charge in [-0.15, -0.1) is 0 Å². The number of morpholine rings is 1. The highest BCUT2D eigenvalue weighted by Crippen LogP contribution is 2.20. The van der Waals surface area contributed by atoms with Gasteiger partial charge in [-0.25, -0.2) is 5.43 Å². The van der Waals surface area contributed by atoms with Gasteiger partial charge in [0.15, 0.2) is 0 Å². The number of nitrogens with one attached hydrogen (secondary N) is 1. The third kappa shape index (κ3) is 4.49. The molecule has 0 spiro atoms. The first-order valence-corrected chi connectivity index (χ1v) is 11.2. The first-order valence-electron chi connectivity index (χ1n) is 11.2. The van der Waals surface area contributed by atoms with Crippen LogP contribution < -0.4 is 5.43 Å². The minimum Gasteiger partial charge on any atom is -0.378 e. The summed E-state index contributed by atoms with van der Waals surface area (Å²) in [5, 5.41) is 5.17. The summed E-state index contributed by atoms with van der Waals surface area (Å²) >= 11 is 0. The summed E-state index contributed by atoms with van der Waals surface area (Å²) in [5.74, 6) is -0.241. The summed E-state index contributed by atoms with van der Waals surface area (Å²) < 4.78 is 9.16. The lowest BCUT2D eigenvalue weighted by Crippen LogP contribution is -2.42. The Hall–Kier alpha value is -4.17. The molecule has 0 radical (unpaired) electrons.